The van der Waals surface area contributed by atoms with E-state index in [1.54, 1.807) is 9.80 Å². The fraction of sp³-hybridized carbons (Fsp3) is 0.500. The van der Waals surface area contributed by atoms with Crippen LogP contribution < -0.4 is 0 Å². The lowest BCUT2D eigenvalue weighted by atomic mass is 10.2. The highest BCUT2D eigenvalue weighted by Gasteiger charge is 2.36. The summed E-state index contributed by atoms with van der Waals surface area (Å²) in [6, 6.07) is 9.51. The third-order valence-corrected chi connectivity index (χ3v) is 3.25. The molecule has 1 aliphatic rings. The predicted octanol–water partition coefficient (Wildman–Crippen LogP) is 2.67. The van der Waals surface area contributed by atoms with Crippen LogP contribution in [-0.2, 0) is 6.54 Å². The molecule has 1 fully saturated rings. The molecule has 1 saturated heterocycles. The summed E-state index contributed by atoms with van der Waals surface area (Å²) in [4.78, 5) is 15.5. The highest BCUT2D eigenvalue weighted by Crippen LogP contribution is 2.19. The van der Waals surface area contributed by atoms with Crippen molar-refractivity contribution in [3.8, 4) is 0 Å². The molecular weight excluding hydrogens is 231 g/mol. The molecule has 2 rings (SSSR count). The van der Waals surface area contributed by atoms with Crippen molar-refractivity contribution in [2.75, 3.05) is 19.8 Å². The van der Waals surface area contributed by atoms with Crippen LogP contribution in [0.2, 0.25) is 0 Å². The number of halogens is 1. The van der Waals surface area contributed by atoms with Gasteiger partial charge in [-0.1, -0.05) is 37.3 Å². The summed E-state index contributed by atoms with van der Waals surface area (Å²) in [5.74, 6) is 0. The summed E-state index contributed by atoms with van der Waals surface area (Å²) in [6.07, 6.45) is 0.863. The van der Waals surface area contributed by atoms with Gasteiger partial charge in [0.25, 0.3) is 0 Å². The molecule has 0 saturated carbocycles. The zero-order valence-corrected chi connectivity index (χ0v) is 10.7. The van der Waals surface area contributed by atoms with E-state index in [0.29, 0.717) is 19.6 Å². The van der Waals surface area contributed by atoms with Gasteiger partial charge in [0.05, 0.1) is 6.04 Å². The molecule has 0 aliphatic carbocycles. The van der Waals surface area contributed by atoms with Gasteiger partial charge in [0, 0.05) is 19.6 Å². The Hall–Kier alpha value is -1.58. The van der Waals surface area contributed by atoms with E-state index in [1.807, 2.05) is 37.3 Å². The fourth-order valence-electron chi connectivity index (χ4n) is 2.36. The Bertz CT molecular complexity index is 396. The fourth-order valence-corrected chi connectivity index (χ4v) is 2.36. The Morgan fingerprint density at radius 1 is 1.33 bits per heavy atom. The zero-order chi connectivity index (χ0) is 13.0. The van der Waals surface area contributed by atoms with E-state index < -0.39 is 6.67 Å². The lowest BCUT2D eigenvalue weighted by Crippen LogP contribution is -2.36. The van der Waals surface area contributed by atoms with Gasteiger partial charge in [0.1, 0.15) is 6.67 Å². The van der Waals surface area contributed by atoms with Crippen LogP contribution in [0.3, 0.4) is 0 Å². The molecule has 18 heavy (non-hydrogen) atoms. The van der Waals surface area contributed by atoms with Crippen molar-refractivity contribution in [2.24, 2.45) is 0 Å². The maximum absolute atomic E-state index is 12.9. The lowest BCUT2D eigenvalue weighted by molar-refractivity contribution is 0.180. The maximum atomic E-state index is 12.9. The molecule has 0 N–H and O–H groups in total. The Balaban J connectivity index is 2.04. The first-order valence-corrected chi connectivity index (χ1v) is 6.41. The number of benzene rings is 1. The zero-order valence-electron chi connectivity index (χ0n) is 10.7. The molecule has 0 bridgehead atoms. The predicted molar refractivity (Wildman–Crippen MR) is 69.0 cm³/mol. The molecule has 1 heterocycles. The Kier molecular flexibility index (Phi) is 4.18. The first-order valence-electron chi connectivity index (χ1n) is 6.41. The molecule has 2 amide bonds. The highest BCUT2D eigenvalue weighted by atomic mass is 19.1. The highest BCUT2D eigenvalue weighted by molar-refractivity contribution is 5.77. The lowest BCUT2D eigenvalue weighted by Gasteiger charge is -2.20. The molecule has 1 aliphatic heterocycles. The number of nitrogens with zero attached hydrogens (tertiary/aromatic N) is 2. The Morgan fingerprint density at radius 3 is 2.67 bits per heavy atom. The normalized spacial score (nSPS) is 19.7. The van der Waals surface area contributed by atoms with Crippen LogP contribution in [0, 0.1) is 0 Å². The van der Waals surface area contributed by atoms with Gasteiger partial charge in [0.15, 0.2) is 0 Å². The summed E-state index contributed by atoms with van der Waals surface area (Å²) < 4.78 is 12.9. The van der Waals surface area contributed by atoms with Gasteiger partial charge in [0.2, 0.25) is 0 Å². The van der Waals surface area contributed by atoms with Crippen LogP contribution in [0.1, 0.15) is 18.9 Å². The second kappa shape index (κ2) is 5.85. The summed E-state index contributed by atoms with van der Waals surface area (Å²) in [5.41, 5.74) is 1.09. The summed E-state index contributed by atoms with van der Waals surface area (Å²) in [6.45, 7) is 3.23. The number of rotatable bonds is 5. The quantitative estimate of drug-likeness (QED) is 0.788. The molecule has 1 unspecified atom stereocenters. The van der Waals surface area contributed by atoms with E-state index in [1.165, 1.54) is 0 Å². The molecule has 0 radical (unpaired) electrons. The van der Waals surface area contributed by atoms with E-state index in [9.17, 15) is 9.18 Å². The molecule has 1 aromatic carbocycles. The number of carbonyl (C=O) groups is 1. The topological polar surface area (TPSA) is 23.6 Å². The van der Waals surface area contributed by atoms with Crippen molar-refractivity contribution >= 4 is 6.03 Å². The number of carbonyl (C=O) groups excluding carboxylic acids is 1. The Labute approximate surface area is 107 Å². The van der Waals surface area contributed by atoms with Crippen LogP contribution in [-0.4, -0.2) is 41.6 Å². The standard InChI is InChI=1S/C14H19FN2O/c1-2-8-17-13(9-15)11-16(14(17)18)10-12-6-4-3-5-7-12/h3-7,13H,2,8-11H2,1H3. The molecular formula is C14H19FN2O. The molecule has 0 spiro atoms. The van der Waals surface area contributed by atoms with Crippen molar-refractivity contribution in [1.82, 2.24) is 9.80 Å². The second-order valence-electron chi connectivity index (χ2n) is 4.65. The monoisotopic (exact) mass is 250 g/mol. The largest absolute Gasteiger partial charge is 0.320 e. The van der Waals surface area contributed by atoms with E-state index in [4.69, 9.17) is 0 Å². The summed E-state index contributed by atoms with van der Waals surface area (Å²) >= 11 is 0. The number of amides is 2. The Morgan fingerprint density at radius 2 is 2.06 bits per heavy atom. The number of hydrogen-bond acceptors (Lipinski definition) is 1. The molecule has 1 atom stereocenters. The van der Waals surface area contributed by atoms with Gasteiger partial charge >= 0.3 is 6.03 Å². The van der Waals surface area contributed by atoms with Gasteiger partial charge in [-0.15, -0.1) is 0 Å². The first kappa shape index (κ1) is 12.9. The van der Waals surface area contributed by atoms with E-state index in [0.717, 1.165) is 12.0 Å². The van der Waals surface area contributed by atoms with Gasteiger partial charge in [-0.25, -0.2) is 9.18 Å². The van der Waals surface area contributed by atoms with Gasteiger partial charge < -0.3 is 9.80 Å². The van der Waals surface area contributed by atoms with Crippen LogP contribution in [0.5, 0.6) is 0 Å². The number of urea groups is 1. The van der Waals surface area contributed by atoms with Crippen molar-refractivity contribution in [2.45, 2.75) is 25.9 Å². The minimum Gasteiger partial charge on any atom is -0.318 e. The van der Waals surface area contributed by atoms with Gasteiger partial charge in [-0.3, -0.25) is 0 Å². The maximum Gasteiger partial charge on any atom is 0.320 e. The van der Waals surface area contributed by atoms with Crippen LogP contribution >= 0.6 is 0 Å². The molecule has 3 nitrogen and oxygen atoms in total. The summed E-state index contributed by atoms with van der Waals surface area (Å²) in [7, 11) is 0. The van der Waals surface area contributed by atoms with E-state index >= 15 is 0 Å². The SMILES string of the molecule is CCCN1C(=O)N(Cc2ccccc2)CC1CF. The minimum absolute atomic E-state index is 0.0386. The number of alkyl halides is 1. The van der Waals surface area contributed by atoms with Crippen molar-refractivity contribution in [3.05, 3.63) is 35.9 Å². The van der Waals surface area contributed by atoms with Crippen molar-refractivity contribution in [3.63, 3.8) is 0 Å². The first-order chi connectivity index (χ1) is 8.76. The van der Waals surface area contributed by atoms with Crippen LogP contribution in [0.4, 0.5) is 9.18 Å². The van der Waals surface area contributed by atoms with Gasteiger partial charge in [-0.2, -0.15) is 0 Å². The van der Waals surface area contributed by atoms with E-state index in [-0.39, 0.29) is 12.1 Å². The average Bonchev–Trinajstić information content (AvgIpc) is 2.69. The van der Waals surface area contributed by atoms with Crippen molar-refractivity contribution in [1.29, 1.82) is 0 Å². The molecule has 4 heteroatoms. The van der Waals surface area contributed by atoms with E-state index in [2.05, 4.69) is 0 Å². The third kappa shape index (κ3) is 2.63. The van der Waals surface area contributed by atoms with Crippen molar-refractivity contribution < 1.29 is 9.18 Å². The molecule has 0 aromatic heterocycles. The summed E-state index contributed by atoms with van der Waals surface area (Å²) in [5, 5.41) is 0. The van der Waals surface area contributed by atoms with Crippen LogP contribution in [0.15, 0.2) is 30.3 Å². The third-order valence-electron chi connectivity index (χ3n) is 3.25. The molecule has 98 valence electrons. The van der Waals surface area contributed by atoms with Crippen LogP contribution in [0.25, 0.3) is 0 Å². The number of hydrogen-bond donors (Lipinski definition) is 0. The average molecular weight is 250 g/mol. The smallest absolute Gasteiger partial charge is 0.318 e. The van der Waals surface area contributed by atoms with Gasteiger partial charge in [-0.05, 0) is 12.0 Å². The minimum atomic E-state index is -0.461. The second-order valence-corrected chi connectivity index (χ2v) is 4.65. The molecule has 1 aromatic rings.